The molecular formula is C50H31N3S. The number of rotatable bonds is 4. The van der Waals surface area contributed by atoms with Gasteiger partial charge < -0.3 is 4.57 Å². The topological polar surface area (TPSA) is 22.2 Å². The molecule has 0 bridgehead atoms. The molecule has 0 unspecified atom stereocenters. The van der Waals surface area contributed by atoms with Crippen LogP contribution in [-0.2, 0) is 5.41 Å². The minimum atomic E-state index is -0.457. The second-order valence-electron chi connectivity index (χ2n) is 14.4. The fourth-order valence-electron chi connectivity index (χ4n) is 9.32. The van der Waals surface area contributed by atoms with E-state index >= 15 is 0 Å². The first kappa shape index (κ1) is 29.8. The Morgan fingerprint density at radius 3 is 2.09 bits per heavy atom. The molecule has 0 N–H and O–H groups in total. The van der Waals surface area contributed by atoms with Gasteiger partial charge >= 0.3 is 0 Å². The van der Waals surface area contributed by atoms with E-state index in [9.17, 15) is 0 Å². The van der Waals surface area contributed by atoms with Crippen molar-refractivity contribution >= 4 is 59.0 Å². The molecule has 0 fully saturated rings. The highest BCUT2D eigenvalue weighted by Crippen LogP contribution is 2.58. The van der Waals surface area contributed by atoms with Crippen LogP contribution in [0.1, 0.15) is 22.3 Å². The molecule has 0 spiro atoms. The maximum atomic E-state index is 5.15. The van der Waals surface area contributed by atoms with Crippen molar-refractivity contribution < 1.29 is 0 Å². The van der Waals surface area contributed by atoms with Gasteiger partial charge in [0.2, 0.25) is 0 Å². The Hall–Kier alpha value is -6.75. The van der Waals surface area contributed by atoms with E-state index < -0.39 is 5.41 Å². The molecule has 0 aliphatic heterocycles. The van der Waals surface area contributed by atoms with Gasteiger partial charge in [0, 0.05) is 32.1 Å². The number of aromatic nitrogens is 3. The largest absolute Gasteiger partial charge is 0.308 e. The summed E-state index contributed by atoms with van der Waals surface area (Å²) in [7, 11) is 0. The van der Waals surface area contributed by atoms with Crippen molar-refractivity contribution in [1.29, 1.82) is 0 Å². The van der Waals surface area contributed by atoms with Crippen LogP contribution in [0.3, 0.4) is 0 Å². The SMILES string of the molecule is c1ccc(C2(c3ccccc3)c3ccccc3-c3cc4c(cc32)c2sc3ccccc3c2n4-c2cccc(-c3cc4ccc5ccccc5n4n3)c2)cc1. The quantitative estimate of drug-likeness (QED) is 0.179. The molecule has 11 aromatic rings. The minimum absolute atomic E-state index is 0.457. The van der Waals surface area contributed by atoms with Gasteiger partial charge in [0.25, 0.3) is 0 Å². The first-order chi connectivity index (χ1) is 26.8. The van der Waals surface area contributed by atoms with Gasteiger partial charge in [-0.05, 0) is 81.9 Å². The van der Waals surface area contributed by atoms with E-state index in [-0.39, 0.29) is 0 Å². The van der Waals surface area contributed by atoms with Crippen LogP contribution >= 0.6 is 11.3 Å². The van der Waals surface area contributed by atoms with Crippen LogP contribution in [0.4, 0.5) is 0 Å². The molecule has 1 aliphatic carbocycles. The van der Waals surface area contributed by atoms with Gasteiger partial charge in [0.05, 0.1) is 37.9 Å². The molecule has 4 heterocycles. The van der Waals surface area contributed by atoms with Gasteiger partial charge in [-0.15, -0.1) is 11.3 Å². The van der Waals surface area contributed by atoms with Gasteiger partial charge in [0.1, 0.15) is 0 Å². The Labute approximate surface area is 315 Å². The first-order valence-electron chi connectivity index (χ1n) is 18.5. The monoisotopic (exact) mass is 705 g/mol. The van der Waals surface area contributed by atoms with Gasteiger partial charge in [-0.3, -0.25) is 0 Å². The second-order valence-corrected chi connectivity index (χ2v) is 15.4. The molecular weight excluding hydrogens is 675 g/mol. The van der Waals surface area contributed by atoms with Crippen molar-refractivity contribution in [2.45, 2.75) is 5.41 Å². The molecule has 252 valence electrons. The molecule has 0 amide bonds. The summed E-state index contributed by atoms with van der Waals surface area (Å²) in [5.41, 5.74) is 15.2. The average molecular weight is 706 g/mol. The summed E-state index contributed by atoms with van der Waals surface area (Å²) in [4.78, 5) is 0. The van der Waals surface area contributed by atoms with E-state index in [1.54, 1.807) is 0 Å². The molecule has 1 aliphatic rings. The summed E-state index contributed by atoms with van der Waals surface area (Å²) >= 11 is 1.90. The zero-order valence-electron chi connectivity index (χ0n) is 29.1. The van der Waals surface area contributed by atoms with Crippen molar-refractivity contribution in [3.8, 4) is 28.1 Å². The average Bonchev–Trinajstić information content (AvgIpc) is 3.99. The van der Waals surface area contributed by atoms with Gasteiger partial charge in [-0.25, -0.2) is 4.52 Å². The van der Waals surface area contributed by atoms with Gasteiger partial charge in [0.15, 0.2) is 0 Å². The normalized spacial score (nSPS) is 13.3. The van der Waals surface area contributed by atoms with Crippen LogP contribution in [0.25, 0.3) is 75.7 Å². The Bertz CT molecular complexity index is 3240. The standard InChI is InChI=1S/C50H31N3S/c1-3-16-34(17-4-1)50(35-18-5-2-6-19-35)42-23-10-8-21-38(42)40-31-46-41(30-43(40)50)49-48(39-22-9-12-25-47(39)54-49)52(46)36-20-13-15-33(28-36)44-29-37-27-26-32-14-7-11-24-45(32)53(37)51-44/h1-31H. The summed E-state index contributed by atoms with van der Waals surface area (Å²) in [5, 5.41) is 8.88. The van der Waals surface area contributed by atoms with E-state index in [4.69, 9.17) is 5.10 Å². The lowest BCUT2D eigenvalue weighted by atomic mass is 9.67. The van der Waals surface area contributed by atoms with Crippen LogP contribution in [0, 0.1) is 0 Å². The number of thiophene rings is 1. The smallest absolute Gasteiger partial charge is 0.0934 e. The minimum Gasteiger partial charge on any atom is -0.308 e. The molecule has 4 heteroatoms. The van der Waals surface area contributed by atoms with Crippen LogP contribution in [-0.4, -0.2) is 14.2 Å². The molecule has 4 aromatic heterocycles. The Morgan fingerprint density at radius 2 is 1.24 bits per heavy atom. The number of nitrogens with zero attached hydrogens (tertiary/aromatic N) is 3. The van der Waals surface area contributed by atoms with Crippen molar-refractivity contribution in [1.82, 2.24) is 14.2 Å². The molecule has 12 rings (SSSR count). The highest BCUT2D eigenvalue weighted by atomic mass is 32.1. The maximum Gasteiger partial charge on any atom is 0.0934 e. The van der Waals surface area contributed by atoms with E-state index in [2.05, 4.69) is 197 Å². The maximum absolute atomic E-state index is 5.15. The van der Waals surface area contributed by atoms with Crippen molar-refractivity contribution in [3.63, 3.8) is 0 Å². The zero-order valence-corrected chi connectivity index (χ0v) is 30.0. The number of hydrogen-bond donors (Lipinski definition) is 0. The van der Waals surface area contributed by atoms with Crippen LogP contribution in [0.5, 0.6) is 0 Å². The van der Waals surface area contributed by atoms with Gasteiger partial charge in [-0.1, -0.05) is 140 Å². The molecule has 3 nitrogen and oxygen atoms in total. The number of para-hydroxylation sites is 1. The van der Waals surface area contributed by atoms with Crippen LogP contribution in [0.15, 0.2) is 188 Å². The second kappa shape index (κ2) is 11.1. The van der Waals surface area contributed by atoms with E-state index in [1.165, 1.54) is 70.0 Å². The molecule has 0 radical (unpaired) electrons. The van der Waals surface area contributed by atoms with E-state index in [1.807, 2.05) is 11.3 Å². The fourth-order valence-corrected chi connectivity index (χ4v) is 10.5. The predicted molar refractivity (Wildman–Crippen MR) is 225 cm³/mol. The fraction of sp³-hybridized carbons (Fsp3) is 0.0200. The van der Waals surface area contributed by atoms with Gasteiger partial charge in [-0.2, -0.15) is 5.10 Å². The highest BCUT2D eigenvalue weighted by Gasteiger charge is 2.46. The summed E-state index contributed by atoms with van der Waals surface area (Å²) in [6, 6.07) is 69.0. The lowest BCUT2D eigenvalue weighted by molar-refractivity contribution is 0.769. The number of pyridine rings is 1. The highest BCUT2D eigenvalue weighted by molar-refractivity contribution is 7.26. The molecule has 0 atom stereocenters. The zero-order chi connectivity index (χ0) is 35.4. The predicted octanol–water partition coefficient (Wildman–Crippen LogP) is 12.8. The van der Waals surface area contributed by atoms with Crippen LogP contribution in [0.2, 0.25) is 0 Å². The molecule has 7 aromatic carbocycles. The molecule has 0 saturated heterocycles. The molecule has 54 heavy (non-hydrogen) atoms. The Kier molecular flexibility index (Phi) is 6.14. The van der Waals surface area contributed by atoms with Crippen molar-refractivity contribution in [3.05, 3.63) is 210 Å². The number of hydrogen-bond acceptors (Lipinski definition) is 2. The summed E-state index contributed by atoms with van der Waals surface area (Å²) in [6.45, 7) is 0. The Morgan fingerprint density at radius 1 is 0.500 bits per heavy atom. The molecule has 0 saturated carbocycles. The third-order valence-electron chi connectivity index (χ3n) is 11.6. The van der Waals surface area contributed by atoms with E-state index in [0.29, 0.717) is 0 Å². The summed E-state index contributed by atoms with van der Waals surface area (Å²) < 4.78 is 7.18. The third-order valence-corrected chi connectivity index (χ3v) is 12.8. The number of fused-ring (bicyclic) bond motifs is 11. The number of benzene rings is 7. The van der Waals surface area contributed by atoms with Crippen LogP contribution < -0.4 is 0 Å². The lowest BCUT2D eigenvalue weighted by Crippen LogP contribution is -2.28. The van der Waals surface area contributed by atoms with E-state index in [0.717, 1.165) is 28.0 Å². The Balaban J connectivity index is 1.16. The summed E-state index contributed by atoms with van der Waals surface area (Å²) in [6.07, 6.45) is 0. The van der Waals surface area contributed by atoms with Crippen molar-refractivity contribution in [2.75, 3.05) is 0 Å². The van der Waals surface area contributed by atoms with Crippen molar-refractivity contribution in [2.24, 2.45) is 0 Å². The lowest BCUT2D eigenvalue weighted by Gasteiger charge is -2.33. The third kappa shape index (κ3) is 3.98. The summed E-state index contributed by atoms with van der Waals surface area (Å²) in [5.74, 6) is 0. The first-order valence-corrected chi connectivity index (χ1v) is 19.3.